The zero-order chi connectivity index (χ0) is 13.5. The molecule has 0 aromatic heterocycles. The van der Waals surface area contributed by atoms with Crippen LogP contribution in [0.3, 0.4) is 0 Å². The lowest BCUT2D eigenvalue weighted by Gasteiger charge is -2.04. The van der Waals surface area contributed by atoms with E-state index in [-0.39, 0.29) is 18.4 Å². The molecule has 2 nitrogen and oxygen atoms in total. The van der Waals surface area contributed by atoms with Crippen LogP contribution in [0.5, 0.6) is 0 Å². The SMILES string of the molecule is CCCCCCCCCC(=O)OCCCCCC.Cl. The second-order valence-electron chi connectivity index (χ2n) is 5.15. The Morgan fingerprint density at radius 3 is 1.79 bits per heavy atom. The van der Waals surface area contributed by atoms with Gasteiger partial charge in [0.05, 0.1) is 6.61 Å². The molecule has 3 heteroatoms. The molecule has 0 aliphatic heterocycles. The molecule has 0 aliphatic rings. The van der Waals surface area contributed by atoms with Crippen molar-refractivity contribution in [3.63, 3.8) is 0 Å². The number of hydrogen-bond acceptors (Lipinski definition) is 2. The van der Waals surface area contributed by atoms with E-state index in [0.29, 0.717) is 13.0 Å². The van der Waals surface area contributed by atoms with Gasteiger partial charge < -0.3 is 4.74 Å². The third-order valence-electron chi connectivity index (χ3n) is 3.25. The number of halogens is 1. The van der Waals surface area contributed by atoms with Crippen LogP contribution < -0.4 is 0 Å². The van der Waals surface area contributed by atoms with Crippen LogP contribution in [0.1, 0.15) is 90.9 Å². The van der Waals surface area contributed by atoms with Gasteiger partial charge in [0.2, 0.25) is 0 Å². The summed E-state index contributed by atoms with van der Waals surface area (Å²) in [6.45, 7) is 5.04. The van der Waals surface area contributed by atoms with Crippen molar-refractivity contribution in [2.24, 2.45) is 0 Å². The van der Waals surface area contributed by atoms with E-state index >= 15 is 0 Å². The van der Waals surface area contributed by atoms with Crippen LogP contribution in [0.15, 0.2) is 0 Å². The largest absolute Gasteiger partial charge is 0.466 e. The van der Waals surface area contributed by atoms with Crippen molar-refractivity contribution in [2.45, 2.75) is 90.9 Å². The first-order valence-corrected chi connectivity index (χ1v) is 7.96. The molecule has 0 unspecified atom stereocenters. The second-order valence-corrected chi connectivity index (χ2v) is 5.15. The third-order valence-corrected chi connectivity index (χ3v) is 3.25. The molecule has 0 rings (SSSR count). The van der Waals surface area contributed by atoms with E-state index in [1.807, 2.05) is 0 Å². The smallest absolute Gasteiger partial charge is 0.305 e. The molecule has 19 heavy (non-hydrogen) atoms. The molecule has 116 valence electrons. The Balaban J connectivity index is 0. The van der Waals surface area contributed by atoms with E-state index in [9.17, 15) is 4.79 Å². The standard InChI is InChI=1S/C16H32O2.ClH/c1-3-5-7-9-10-11-12-14-16(17)18-15-13-8-6-4-2;/h3-15H2,1-2H3;1H. The Morgan fingerprint density at radius 1 is 0.737 bits per heavy atom. The lowest BCUT2D eigenvalue weighted by Crippen LogP contribution is -2.05. The second kappa shape index (κ2) is 17.8. The highest BCUT2D eigenvalue weighted by Gasteiger charge is 2.02. The van der Waals surface area contributed by atoms with E-state index in [0.717, 1.165) is 12.8 Å². The van der Waals surface area contributed by atoms with Crippen LogP contribution >= 0.6 is 12.4 Å². The molecular formula is C16H33ClO2. The summed E-state index contributed by atoms with van der Waals surface area (Å²) in [6.07, 6.45) is 14.0. The predicted molar refractivity (Wildman–Crippen MR) is 85.0 cm³/mol. The highest BCUT2D eigenvalue weighted by molar-refractivity contribution is 5.85. The molecule has 0 heterocycles. The molecule has 0 aromatic rings. The fourth-order valence-electron chi connectivity index (χ4n) is 2.01. The lowest BCUT2D eigenvalue weighted by atomic mass is 10.1. The number of unbranched alkanes of at least 4 members (excludes halogenated alkanes) is 9. The maximum atomic E-state index is 11.4. The molecular weight excluding hydrogens is 260 g/mol. The minimum absolute atomic E-state index is 0. The minimum atomic E-state index is 0. The van der Waals surface area contributed by atoms with Gasteiger partial charge in [-0.1, -0.05) is 71.6 Å². The van der Waals surface area contributed by atoms with Crippen molar-refractivity contribution in [1.29, 1.82) is 0 Å². The zero-order valence-corrected chi connectivity index (χ0v) is 13.7. The van der Waals surface area contributed by atoms with Gasteiger partial charge in [-0.2, -0.15) is 0 Å². The number of carbonyl (C=O) groups excluding carboxylic acids is 1. The van der Waals surface area contributed by atoms with E-state index in [1.165, 1.54) is 57.8 Å². The van der Waals surface area contributed by atoms with Crippen LogP contribution in [0.25, 0.3) is 0 Å². The molecule has 0 aliphatic carbocycles. The monoisotopic (exact) mass is 292 g/mol. The molecule has 0 aromatic carbocycles. The summed E-state index contributed by atoms with van der Waals surface area (Å²) in [4.78, 5) is 11.4. The summed E-state index contributed by atoms with van der Waals surface area (Å²) in [5.41, 5.74) is 0. The van der Waals surface area contributed by atoms with Crippen molar-refractivity contribution in [1.82, 2.24) is 0 Å². The highest BCUT2D eigenvalue weighted by Crippen LogP contribution is 2.09. The van der Waals surface area contributed by atoms with Crippen molar-refractivity contribution >= 4 is 18.4 Å². The van der Waals surface area contributed by atoms with Gasteiger partial charge in [-0.15, -0.1) is 12.4 Å². The summed E-state index contributed by atoms with van der Waals surface area (Å²) < 4.78 is 5.19. The van der Waals surface area contributed by atoms with Gasteiger partial charge in [0, 0.05) is 6.42 Å². The van der Waals surface area contributed by atoms with Crippen molar-refractivity contribution in [2.75, 3.05) is 6.61 Å². The van der Waals surface area contributed by atoms with E-state index in [1.54, 1.807) is 0 Å². The van der Waals surface area contributed by atoms with Gasteiger partial charge in [-0.05, 0) is 12.8 Å². The number of ether oxygens (including phenoxy) is 1. The molecule has 0 bridgehead atoms. The van der Waals surface area contributed by atoms with Crippen molar-refractivity contribution < 1.29 is 9.53 Å². The molecule has 0 saturated heterocycles. The first-order chi connectivity index (χ1) is 8.81. The highest BCUT2D eigenvalue weighted by atomic mass is 35.5. The Morgan fingerprint density at radius 2 is 1.21 bits per heavy atom. The van der Waals surface area contributed by atoms with Crippen LogP contribution in [0.4, 0.5) is 0 Å². The topological polar surface area (TPSA) is 26.3 Å². The van der Waals surface area contributed by atoms with Gasteiger partial charge in [0.15, 0.2) is 0 Å². The van der Waals surface area contributed by atoms with Crippen molar-refractivity contribution in [3.05, 3.63) is 0 Å². The number of rotatable bonds is 13. The van der Waals surface area contributed by atoms with Crippen LogP contribution in [0.2, 0.25) is 0 Å². The van der Waals surface area contributed by atoms with Crippen molar-refractivity contribution in [3.8, 4) is 0 Å². The van der Waals surface area contributed by atoms with Crippen LogP contribution in [-0.2, 0) is 9.53 Å². The fourth-order valence-corrected chi connectivity index (χ4v) is 2.01. The first kappa shape index (κ1) is 21.1. The average molecular weight is 293 g/mol. The number of carbonyl (C=O) groups is 1. The maximum absolute atomic E-state index is 11.4. The van der Waals surface area contributed by atoms with E-state index in [4.69, 9.17) is 4.74 Å². The van der Waals surface area contributed by atoms with Gasteiger partial charge in [-0.25, -0.2) is 0 Å². The Bertz CT molecular complexity index is 184. The maximum Gasteiger partial charge on any atom is 0.305 e. The third kappa shape index (κ3) is 17.8. The molecule has 0 atom stereocenters. The average Bonchev–Trinajstić information content (AvgIpc) is 2.37. The Hall–Kier alpha value is -0.240. The first-order valence-electron chi connectivity index (χ1n) is 7.96. The van der Waals surface area contributed by atoms with Gasteiger partial charge in [-0.3, -0.25) is 4.79 Å². The summed E-state index contributed by atoms with van der Waals surface area (Å²) in [5, 5.41) is 0. The normalized spacial score (nSPS) is 10.0. The molecule has 0 amide bonds. The molecule has 0 fully saturated rings. The number of esters is 1. The summed E-state index contributed by atoms with van der Waals surface area (Å²) >= 11 is 0. The predicted octanol–water partition coefficient (Wildman–Crippen LogP) is 5.67. The van der Waals surface area contributed by atoms with E-state index < -0.39 is 0 Å². The number of hydrogen-bond donors (Lipinski definition) is 0. The van der Waals surface area contributed by atoms with Gasteiger partial charge >= 0.3 is 5.97 Å². The minimum Gasteiger partial charge on any atom is -0.466 e. The van der Waals surface area contributed by atoms with Crippen LogP contribution in [-0.4, -0.2) is 12.6 Å². The lowest BCUT2D eigenvalue weighted by molar-refractivity contribution is -0.143. The summed E-state index contributed by atoms with van der Waals surface area (Å²) in [7, 11) is 0. The molecule has 0 N–H and O–H groups in total. The summed E-state index contributed by atoms with van der Waals surface area (Å²) in [5.74, 6) is 0.0000525. The fraction of sp³-hybridized carbons (Fsp3) is 0.938. The summed E-state index contributed by atoms with van der Waals surface area (Å²) in [6, 6.07) is 0. The van der Waals surface area contributed by atoms with Gasteiger partial charge in [0.25, 0.3) is 0 Å². The van der Waals surface area contributed by atoms with Gasteiger partial charge in [0.1, 0.15) is 0 Å². The molecule has 0 radical (unpaired) electrons. The van der Waals surface area contributed by atoms with E-state index in [2.05, 4.69) is 13.8 Å². The molecule has 0 saturated carbocycles. The Kier molecular flexibility index (Phi) is 19.7. The zero-order valence-electron chi connectivity index (χ0n) is 12.9. The van der Waals surface area contributed by atoms with Crippen LogP contribution in [0, 0.1) is 0 Å². The molecule has 0 spiro atoms. The quantitative estimate of drug-likeness (QED) is 0.323. The Labute approximate surface area is 126 Å².